The summed E-state index contributed by atoms with van der Waals surface area (Å²) in [6.07, 6.45) is 3.94. The molecule has 1 aliphatic carbocycles. The Morgan fingerprint density at radius 3 is 1.69 bits per heavy atom. The van der Waals surface area contributed by atoms with Crippen LogP contribution in [0.25, 0.3) is 105 Å². The molecule has 58 heavy (non-hydrogen) atoms. The zero-order chi connectivity index (χ0) is 38.5. The highest BCUT2D eigenvalue weighted by Crippen LogP contribution is 2.56. The molecule has 0 saturated heterocycles. The van der Waals surface area contributed by atoms with Crippen molar-refractivity contribution >= 4 is 54.1 Å². The summed E-state index contributed by atoms with van der Waals surface area (Å²) in [7, 11) is 0. The van der Waals surface area contributed by atoms with Crippen molar-refractivity contribution in [1.82, 2.24) is 24.5 Å². The first-order valence-corrected chi connectivity index (χ1v) is 19.8. The van der Waals surface area contributed by atoms with Gasteiger partial charge in [0.15, 0.2) is 17.5 Å². The van der Waals surface area contributed by atoms with E-state index in [2.05, 4.69) is 122 Å². The predicted molar refractivity (Wildman–Crippen MR) is 238 cm³/mol. The van der Waals surface area contributed by atoms with E-state index in [4.69, 9.17) is 19.9 Å². The van der Waals surface area contributed by atoms with Crippen LogP contribution in [0.15, 0.2) is 176 Å². The van der Waals surface area contributed by atoms with Crippen LogP contribution in [0.5, 0.6) is 0 Å². The quantitative estimate of drug-likeness (QED) is 0.169. The van der Waals surface area contributed by atoms with Crippen LogP contribution in [-0.2, 0) is 5.41 Å². The number of hydrogen-bond acceptors (Lipinski definition) is 4. The SMILES string of the molecule is CC1(C)c2ccc3c4ccccc4c4ccccc4c3c2-c2ccc3c(c21)c1cnccc1n3-c1cccc(-c2nc(-c3ccccc3)nc(-c3ccccc3)n2)c1. The van der Waals surface area contributed by atoms with Crippen molar-refractivity contribution in [2.45, 2.75) is 19.3 Å². The Labute approximate surface area is 335 Å². The molecule has 0 fully saturated rings. The van der Waals surface area contributed by atoms with Crippen LogP contribution in [0.3, 0.4) is 0 Å². The summed E-state index contributed by atoms with van der Waals surface area (Å²) >= 11 is 0. The van der Waals surface area contributed by atoms with Gasteiger partial charge in [-0.1, -0.05) is 153 Å². The van der Waals surface area contributed by atoms with Gasteiger partial charge in [-0.3, -0.25) is 4.98 Å². The highest BCUT2D eigenvalue weighted by molar-refractivity contribution is 6.30. The number of hydrogen-bond donors (Lipinski definition) is 0. The van der Waals surface area contributed by atoms with Crippen molar-refractivity contribution in [3.8, 4) is 51.0 Å². The second kappa shape index (κ2) is 12.2. The molecule has 5 nitrogen and oxygen atoms in total. The first-order valence-electron chi connectivity index (χ1n) is 19.8. The Kier molecular flexibility index (Phi) is 6.91. The van der Waals surface area contributed by atoms with Gasteiger partial charge in [0, 0.05) is 51.0 Å². The summed E-state index contributed by atoms with van der Waals surface area (Å²) in [5, 5.41) is 10.2. The van der Waals surface area contributed by atoms with E-state index >= 15 is 0 Å². The summed E-state index contributed by atoms with van der Waals surface area (Å²) in [6.45, 7) is 4.78. The van der Waals surface area contributed by atoms with Crippen molar-refractivity contribution in [3.63, 3.8) is 0 Å². The summed E-state index contributed by atoms with van der Waals surface area (Å²) in [5.74, 6) is 1.91. The highest BCUT2D eigenvalue weighted by Gasteiger charge is 2.39. The van der Waals surface area contributed by atoms with Crippen molar-refractivity contribution in [1.29, 1.82) is 0 Å². The van der Waals surface area contributed by atoms with E-state index in [1.165, 1.54) is 60.0 Å². The second-order valence-electron chi connectivity index (χ2n) is 15.8. The molecule has 5 heteroatoms. The first kappa shape index (κ1) is 32.7. The van der Waals surface area contributed by atoms with Gasteiger partial charge in [-0.05, 0) is 78.8 Å². The number of pyridine rings is 1. The first-order chi connectivity index (χ1) is 28.5. The zero-order valence-electron chi connectivity index (χ0n) is 32.0. The molecule has 0 atom stereocenters. The summed E-state index contributed by atoms with van der Waals surface area (Å²) in [5.41, 5.74) is 11.1. The smallest absolute Gasteiger partial charge is 0.164 e. The lowest BCUT2D eigenvalue weighted by Gasteiger charge is -2.23. The molecule has 11 aromatic rings. The van der Waals surface area contributed by atoms with E-state index in [0.29, 0.717) is 17.5 Å². The van der Waals surface area contributed by atoms with Gasteiger partial charge < -0.3 is 4.57 Å². The van der Waals surface area contributed by atoms with Crippen LogP contribution in [0.1, 0.15) is 25.0 Å². The Morgan fingerprint density at radius 1 is 0.448 bits per heavy atom. The molecule has 0 bridgehead atoms. The van der Waals surface area contributed by atoms with Gasteiger partial charge in [0.05, 0.1) is 11.0 Å². The third-order valence-corrected chi connectivity index (χ3v) is 12.3. The van der Waals surface area contributed by atoms with E-state index in [1.807, 2.05) is 73.1 Å². The Hall–Kier alpha value is -7.50. The normalized spacial score (nSPS) is 13.1. The molecule has 0 unspecified atom stereocenters. The van der Waals surface area contributed by atoms with Gasteiger partial charge in [0.2, 0.25) is 0 Å². The maximum Gasteiger partial charge on any atom is 0.164 e. The van der Waals surface area contributed by atoms with Gasteiger partial charge in [-0.25, -0.2) is 15.0 Å². The molecule has 0 saturated carbocycles. The van der Waals surface area contributed by atoms with E-state index in [9.17, 15) is 0 Å². The maximum absolute atomic E-state index is 5.06. The van der Waals surface area contributed by atoms with Crippen LogP contribution in [0.4, 0.5) is 0 Å². The molecule has 0 aliphatic heterocycles. The minimum absolute atomic E-state index is 0.269. The van der Waals surface area contributed by atoms with Crippen LogP contribution in [0.2, 0.25) is 0 Å². The molecule has 1 aliphatic rings. The minimum Gasteiger partial charge on any atom is -0.309 e. The molecule has 0 N–H and O–H groups in total. The monoisotopic (exact) mass is 741 g/mol. The van der Waals surface area contributed by atoms with Crippen LogP contribution >= 0.6 is 0 Å². The summed E-state index contributed by atoms with van der Waals surface area (Å²) in [6, 6.07) is 58.2. The summed E-state index contributed by atoms with van der Waals surface area (Å²) < 4.78 is 2.38. The van der Waals surface area contributed by atoms with Crippen LogP contribution in [0, 0.1) is 0 Å². The fraction of sp³-hybridized carbons (Fsp3) is 0.0566. The average Bonchev–Trinajstić information content (AvgIpc) is 3.75. The highest BCUT2D eigenvalue weighted by atomic mass is 15.0. The summed E-state index contributed by atoms with van der Waals surface area (Å²) in [4.78, 5) is 19.8. The van der Waals surface area contributed by atoms with Gasteiger partial charge in [0.1, 0.15) is 0 Å². The molecule has 3 heterocycles. The zero-order valence-corrected chi connectivity index (χ0v) is 32.0. The van der Waals surface area contributed by atoms with E-state index in [-0.39, 0.29) is 5.41 Å². The molecule has 272 valence electrons. The van der Waals surface area contributed by atoms with E-state index in [1.54, 1.807) is 0 Å². The molecule has 8 aromatic carbocycles. The third-order valence-electron chi connectivity index (χ3n) is 12.3. The van der Waals surface area contributed by atoms with Gasteiger partial charge in [0.25, 0.3) is 0 Å². The van der Waals surface area contributed by atoms with Gasteiger partial charge >= 0.3 is 0 Å². The van der Waals surface area contributed by atoms with Gasteiger partial charge in [-0.15, -0.1) is 0 Å². The molecular formula is C53H35N5. The van der Waals surface area contributed by atoms with Crippen molar-refractivity contribution in [2.75, 3.05) is 0 Å². The fourth-order valence-corrected chi connectivity index (χ4v) is 9.74. The lowest BCUT2D eigenvalue weighted by atomic mass is 9.80. The number of benzene rings is 8. The van der Waals surface area contributed by atoms with E-state index in [0.717, 1.165) is 38.8 Å². The second-order valence-corrected chi connectivity index (χ2v) is 15.8. The topological polar surface area (TPSA) is 56.5 Å². The predicted octanol–water partition coefficient (Wildman–Crippen LogP) is 13.1. The number of fused-ring (bicyclic) bond motifs is 14. The lowest BCUT2D eigenvalue weighted by Crippen LogP contribution is -2.15. The van der Waals surface area contributed by atoms with Crippen molar-refractivity contribution in [3.05, 3.63) is 187 Å². The van der Waals surface area contributed by atoms with Crippen molar-refractivity contribution in [2.24, 2.45) is 0 Å². The molecule has 3 aromatic heterocycles. The van der Waals surface area contributed by atoms with Crippen LogP contribution in [-0.4, -0.2) is 24.5 Å². The Morgan fingerprint density at radius 2 is 1.02 bits per heavy atom. The molecule has 12 rings (SSSR count). The average molecular weight is 742 g/mol. The minimum atomic E-state index is -0.269. The lowest BCUT2D eigenvalue weighted by molar-refractivity contribution is 0.667. The standard InChI is InChI=1S/C53H35N5/c1-53(2)43-26-24-40-38-22-10-9-20-36(38)37-21-11-12-23-39(37)46(40)47(43)41-25-27-45-48(49(41)53)42-31-54-29-28-44(42)58(45)35-19-13-18-34(30-35)52-56-50(32-14-5-3-6-15-32)55-51(57-52)33-16-7-4-8-17-33/h3-31H,1-2H3. The number of aromatic nitrogens is 5. The number of nitrogens with zero attached hydrogens (tertiary/aromatic N) is 5. The van der Waals surface area contributed by atoms with E-state index < -0.39 is 0 Å². The molecular weight excluding hydrogens is 707 g/mol. The fourth-order valence-electron chi connectivity index (χ4n) is 9.74. The maximum atomic E-state index is 5.06. The van der Waals surface area contributed by atoms with Gasteiger partial charge in [-0.2, -0.15) is 0 Å². The molecule has 0 amide bonds. The molecule has 0 radical (unpaired) electrons. The molecule has 0 spiro atoms. The third kappa shape index (κ3) is 4.64. The Balaban J connectivity index is 1.10. The Bertz CT molecular complexity index is 3380. The largest absolute Gasteiger partial charge is 0.309 e. The van der Waals surface area contributed by atoms with Crippen LogP contribution < -0.4 is 0 Å². The van der Waals surface area contributed by atoms with Crippen molar-refractivity contribution < 1.29 is 0 Å². The number of rotatable bonds is 4.